The zero-order valence-corrected chi connectivity index (χ0v) is 27.4. The number of halogens is 3. The molecule has 2 aliphatic rings. The fourth-order valence-electron chi connectivity index (χ4n) is 5.89. The Kier molecular flexibility index (Phi) is 10.7. The van der Waals surface area contributed by atoms with E-state index in [1.807, 2.05) is 12.1 Å². The third-order valence-corrected chi connectivity index (χ3v) is 8.61. The molecule has 2 fully saturated rings. The second-order valence-corrected chi connectivity index (χ2v) is 13.1. The van der Waals surface area contributed by atoms with Crippen LogP contribution in [0.4, 0.5) is 14.6 Å². The monoisotopic (exact) mass is 662 g/mol. The average molecular weight is 663 g/mol. The van der Waals surface area contributed by atoms with Gasteiger partial charge in [0.25, 0.3) is 18.8 Å². The van der Waals surface area contributed by atoms with Crippen LogP contribution in [0.25, 0.3) is 10.9 Å². The lowest BCUT2D eigenvalue weighted by atomic mass is 9.86. The maximum Gasteiger partial charge on any atom is 0.290 e. The van der Waals surface area contributed by atoms with E-state index in [0.717, 1.165) is 23.0 Å². The number of likely N-dealkylation sites (tertiary alicyclic amines) is 2. The van der Waals surface area contributed by atoms with Gasteiger partial charge >= 0.3 is 0 Å². The first kappa shape index (κ1) is 34.8. The van der Waals surface area contributed by atoms with E-state index in [-0.39, 0.29) is 48.2 Å². The molecule has 0 bridgehead atoms. The van der Waals surface area contributed by atoms with Crippen LogP contribution < -0.4 is 10.6 Å². The second-order valence-electron chi connectivity index (χ2n) is 12.7. The molecule has 2 aliphatic heterocycles. The van der Waals surface area contributed by atoms with Crippen LogP contribution in [0, 0.1) is 0 Å². The fourth-order valence-corrected chi connectivity index (χ4v) is 6.33. The summed E-state index contributed by atoms with van der Waals surface area (Å²) in [6.45, 7) is 15.7. The van der Waals surface area contributed by atoms with E-state index < -0.39 is 18.0 Å². The summed E-state index contributed by atoms with van der Waals surface area (Å²) >= 11 is 6.54. The van der Waals surface area contributed by atoms with E-state index in [9.17, 15) is 18.4 Å². The molecule has 12 nitrogen and oxygen atoms in total. The third-order valence-electron chi connectivity index (χ3n) is 8.30. The number of amides is 2. The van der Waals surface area contributed by atoms with Gasteiger partial charge in [-0.2, -0.15) is 5.10 Å². The summed E-state index contributed by atoms with van der Waals surface area (Å²) in [6, 6.07) is 3.52. The number of aromatic amines is 1. The normalized spacial score (nSPS) is 17.2. The summed E-state index contributed by atoms with van der Waals surface area (Å²) in [6.07, 6.45) is -1.05. The van der Waals surface area contributed by atoms with Crippen molar-refractivity contribution < 1.29 is 28.3 Å². The Morgan fingerprint density at radius 2 is 1.91 bits per heavy atom. The van der Waals surface area contributed by atoms with Crippen LogP contribution >= 0.6 is 11.6 Å². The number of carbonyl (C=O) groups excluding carboxylic acids is 2. The molecule has 0 spiro atoms. The standard InChI is InChI=1S/C30H39ClF2N8O2.CH2O2/c1-7-24(42)40-13-17(14-40)35-29(43)26-25(27(32)33)36-23(41(26)18-8-9-39(15-18)16(2)3)12-34-28-19-10-20(30(4,5)6)21(31)11-22(19)37-38-28;2-1-3/h7,10-11,16-18,27H,1,8-9,12-15H2,2-6H3,(H,35,43)(H2,34,37,38);1H,(H,2,3). The van der Waals surface area contributed by atoms with Crippen molar-refractivity contribution in [2.24, 2.45) is 0 Å². The van der Waals surface area contributed by atoms with E-state index in [4.69, 9.17) is 21.5 Å². The van der Waals surface area contributed by atoms with Gasteiger partial charge in [0.05, 0.1) is 18.1 Å². The maximum atomic E-state index is 14.5. The highest BCUT2D eigenvalue weighted by Gasteiger charge is 2.37. The van der Waals surface area contributed by atoms with Crippen molar-refractivity contribution >= 4 is 46.6 Å². The Hall–Kier alpha value is -4.04. The summed E-state index contributed by atoms with van der Waals surface area (Å²) in [5, 5.41) is 21.8. The van der Waals surface area contributed by atoms with E-state index in [1.54, 1.807) is 4.57 Å². The van der Waals surface area contributed by atoms with Gasteiger partial charge in [0.15, 0.2) is 5.82 Å². The lowest BCUT2D eigenvalue weighted by Gasteiger charge is -2.39. The molecule has 2 saturated heterocycles. The van der Waals surface area contributed by atoms with E-state index in [2.05, 4.69) is 71.9 Å². The van der Waals surface area contributed by atoms with E-state index >= 15 is 0 Å². The quantitative estimate of drug-likeness (QED) is 0.190. The molecular weight excluding hydrogens is 622 g/mol. The average Bonchev–Trinajstić information content (AvgIpc) is 3.69. The first-order valence-corrected chi connectivity index (χ1v) is 15.4. The number of benzene rings is 1. The van der Waals surface area contributed by atoms with Gasteiger partial charge in [0.1, 0.15) is 17.2 Å². The highest BCUT2D eigenvalue weighted by atomic mass is 35.5. The molecule has 46 heavy (non-hydrogen) atoms. The number of H-pyrrole nitrogens is 1. The Balaban J connectivity index is 0.00000154. The summed E-state index contributed by atoms with van der Waals surface area (Å²) in [4.78, 5) is 41.9. The smallest absolute Gasteiger partial charge is 0.290 e. The number of anilines is 1. The largest absolute Gasteiger partial charge is 0.483 e. The summed E-state index contributed by atoms with van der Waals surface area (Å²) in [5.41, 5.74) is 0.806. The lowest BCUT2D eigenvalue weighted by molar-refractivity contribution is -0.130. The number of carboxylic acid groups (broad SMARTS) is 1. The number of hydrogen-bond donors (Lipinski definition) is 4. The Morgan fingerprint density at radius 3 is 2.48 bits per heavy atom. The molecule has 250 valence electrons. The van der Waals surface area contributed by atoms with Crippen LogP contribution in [0.3, 0.4) is 0 Å². The van der Waals surface area contributed by atoms with Crippen LogP contribution in [-0.2, 0) is 21.5 Å². The van der Waals surface area contributed by atoms with Gasteiger partial charge in [-0.05, 0) is 49.5 Å². The maximum absolute atomic E-state index is 14.5. The van der Waals surface area contributed by atoms with Gasteiger partial charge in [-0.3, -0.25) is 24.4 Å². The van der Waals surface area contributed by atoms with Gasteiger partial charge < -0.3 is 25.2 Å². The van der Waals surface area contributed by atoms with Gasteiger partial charge in [-0.1, -0.05) is 39.0 Å². The highest BCUT2D eigenvalue weighted by molar-refractivity contribution is 6.32. The van der Waals surface area contributed by atoms with Crippen molar-refractivity contribution in [1.29, 1.82) is 0 Å². The minimum atomic E-state index is -2.95. The van der Waals surface area contributed by atoms with Gasteiger partial charge in [0.2, 0.25) is 5.91 Å². The zero-order valence-electron chi connectivity index (χ0n) is 26.6. The van der Waals surface area contributed by atoms with Crippen LogP contribution in [0.2, 0.25) is 5.02 Å². The Bertz CT molecular complexity index is 1590. The molecule has 2 amide bonds. The van der Waals surface area contributed by atoms with Gasteiger partial charge in [-0.25, -0.2) is 13.8 Å². The first-order valence-electron chi connectivity index (χ1n) is 15.0. The van der Waals surface area contributed by atoms with E-state index in [1.165, 1.54) is 11.0 Å². The molecule has 1 unspecified atom stereocenters. The van der Waals surface area contributed by atoms with Gasteiger partial charge in [-0.15, -0.1) is 0 Å². The number of fused-ring (bicyclic) bond motifs is 1. The first-order chi connectivity index (χ1) is 21.7. The Morgan fingerprint density at radius 1 is 1.24 bits per heavy atom. The van der Waals surface area contributed by atoms with Crippen molar-refractivity contribution in [3.63, 3.8) is 0 Å². The number of carbonyl (C=O) groups is 3. The number of rotatable bonds is 9. The van der Waals surface area contributed by atoms with Crippen molar-refractivity contribution in [3.8, 4) is 0 Å². The fraction of sp³-hybridized carbons (Fsp3) is 0.516. The summed E-state index contributed by atoms with van der Waals surface area (Å²) < 4.78 is 30.6. The van der Waals surface area contributed by atoms with Crippen LogP contribution in [-0.4, -0.2) is 91.2 Å². The number of nitrogens with one attached hydrogen (secondary N) is 3. The molecular formula is C31H41ClF2N8O4. The van der Waals surface area contributed by atoms with Crippen LogP contribution in [0.15, 0.2) is 24.8 Å². The summed E-state index contributed by atoms with van der Waals surface area (Å²) in [7, 11) is 0. The highest BCUT2D eigenvalue weighted by Crippen LogP contribution is 2.36. The second kappa shape index (κ2) is 14.2. The number of nitrogens with zero attached hydrogens (tertiary/aromatic N) is 5. The molecule has 1 aromatic carbocycles. The summed E-state index contributed by atoms with van der Waals surface area (Å²) in [5.74, 6) is 0.00406. The number of imidazole rings is 1. The molecule has 0 aliphatic carbocycles. The minimum absolute atomic E-state index is 0.0731. The zero-order chi connectivity index (χ0) is 33.9. The van der Waals surface area contributed by atoms with Crippen molar-refractivity contribution in [3.05, 3.63) is 52.6 Å². The molecule has 0 saturated carbocycles. The lowest BCUT2D eigenvalue weighted by Crippen LogP contribution is -2.60. The van der Waals surface area contributed by atoms with Crippen molar-refractivity contribution in [2.45, 2.75) is 77.6 Å². The predicted octanol–water partition coefficient (Wildman–Crippen LogP) is 4.74. The molecule has 4 heterocycles. The molecule has 1 atom stereocenters. The molecule has 15 heteroatoms. The molecule has 4 N–H and O–H groups in total. The van der Waals surface area contributed by atoms with Crippen molar-refractivity contribution in [1.82, 2.24) is 34.9 Å². The SMILES string of the molecule is C=CC(=O)N1CC(NC(=O)c2c(C(F)F)nc(CNc3n[nH]c4cc(Cl)c(C(C)(C)C)cc34)n2C2CCN(C(C)C)C2)C1.O=CO. The molecule has 3 aromatic rings. The molecule has 5 rings (SSSR count). The molecule has 2 aromatic heterocycles. The van der Waals surface area contributed by atoms with Crippen molar-refractivity contribution in [2.75, 3.05) is 31.5 Å². The van der Waals surface area contributed by atoms with Crippen LogP contribution in [0.5, 0.6) is 0 Å². The van der Waals surface area contributed by atoms with E-state index in [0.29, 0.717) is 42.7 Å². The topological polar surface area (TPSA) is 148 Å². The van der Waals surface area contributed by atoms with Crippen LogP contribution in [0.1, 0.15) is 81.1 Å². The predicted molar refractivity (Wildman–Crippen MR) is 171 cm³/mol. The molecule has 0 radical (unpaired) electrons. The number of hydrogen-bond acceptors (Lipinski definition) is 7. The Labute approximate surface area is 271 Å². The number of alkyl halides is 2. The minimum Gasteiger partial charge on any atom is -0.483 e. The van der Waals surface area contributed by atoms with Gasteiger partial charge in [0, 0.05) is 48.7 Å². The number of aromatic nitrogens is 4. The third kappa shape index (κ3) is 7.33.